The van der Waals surface area contributed by atoms with Gasteiger partial charge in [0.05, 0.1) is 10.6 Å². The molecule has 39 heavy (non-hydrogen) atoms. The molecule has 7 nitrogen and oxygen atoms in total. The topological polar surface area (TPSA) is 86.8 Å². The SMILES string of the molecule is Cc1cc(C)cc(N(CC(=O)N(CCc2ccccc2)C(C)C(=O)NCC(C)C)S(=O)(=O)c2ccccc2)c1. The summed E-state index contributed by atoms with van der Waals surface area (Å²) in [5.74, 6) is -0.462. The number of rotatable bonds is 12. The summed E-state index contributed by atoms with van der Waals surface area (Å²) in [5, 5.41) is 2.91. The molecule has 2 amide bonds. The maximum Gasteiger partial charge on any atom is 0.264 e. The second-order valence-electron chi connectivity index (χ2n) is 10.3. The quantitative estimate of drug-likeness (QED) is 0.354. The zero-order chi connectivity index (χ0) is 28.6. The minimum atomic E-state index is -4.07. The van der Waals surface area contributed by atoms with Crippen LogP contribution in [0.5, 0.6) is 0 Å². The Balaban J connectivity index is 1.98. The Kier molecular flexibility index (Phi) is 10.3. The lowest BCUT2D eigenvalue weighted by Gasteiger charge is -2.32. The summed E-state index contributed by atoms with van der Waals surface area (Å²) in [5.41, 5.74) is 3.19. The van der Waals surface area contributed by atoms with Crippen molar-refractivity contribution in [3.05, 3.63) is 95.6 Å². The molecule has 208 valence electrons. The molecule has 0 aliphatic heterocycles. The maximum absolute atomic E-state index is 13.9. The standard InChI is InChI=1S/C31H39N3O4S/c1-23(2)21-32-31(36)26(5)33(17-16-27-12-8-6-9-13-27)30(35)22-34(28-19-24(3)18-25(4)20-28)39(37,38)29-14-10-7-11-15-29/h6-15,18-20,23,26H,16-17,21-22H2,1-5H3,(H,32,36). The van der Waals surface area contributed by atoms with Crippen LogP contribution in [0, 0.1) is 19.8 Å². The van der Waals surface area contributed by atoms with Crippen LogP contribution < -0.4 is 9.62 Å². The Morgan fingerprint density at radius 1 is 0.846 bits per heavy atom. The van der Waals surface area contributed by atoms with Gasteiger partial charge in [0, 0.05) is 13.1 Å². The van der Waals surface area contributed by atoms with Gasteiger partial charge >= 0.3 is 0 Å². The van der Waals surface area contributed by atoms with Crippen molar-refractivity contribution >= 4 is 27.5 Å². The highest BCUT2D eigenvalue weighted by molar-refractivity contribution is 7.92. The van der Waals surface area contributed by atoms with E-state index in [-0.39, 0.29) is 23.3 Å². The van der Waals surface area contributed by atoms with Crippen molar-refractivity contribution in [3.8, 4) is 0 Å². The molecule has 1 unspecified atom stereocenters. The van der Waals surface area contributed by atoms with Crippen LogP contribution >= 0.6 is 0 Å². The monoisotopic (exact) mass is 549 g/mol. The number of nitrogens with one attached hydrogen (secondary N) is 1. The van der Waals surface area contributed by atoms with Crippen molar-refractivity contribution in [3.63, 3.8) is 0 Å². The van der Waals surface area contributed by atoms with Gasteiger partial charge in [-0.25, -0.2) is 8.42 Å². The molecule has 0 heterocycles. The summed E-state index contributed by atoms with van der Waals surface area (Å²) in [4.78, 5) is 28.5. The van der Waals surface area contributed by atoms with Gasteiger partial charge in [-0.05, 0) is 74.1 Å². The van der Waals surface area contributed by atoms with Crippen molar-refractivity contribution in [2.24, 2.45) is 5.92 Å². The smallest absolute Gasteiger partial charge is 0.264 e. The average Bonchev–Trinajstić information content (AvgIpc) is 2.90. The predicted molar refractivity (Wildman–Crippen MR) is 156 cm³/mol. The van der Waals surface area contributed by atoms with Crippen molar-refractivity contribution < 1.29 is 18.0 Å². The maximum atomic E-state index is 13.9. The molecule has 0 radical (unpaired) electrons. The van der Waals surface area contributed by atoms with Crippen molar-refractivity contribution in [1.29, 1.82) is 0 Å². The minimum absolute atomic E-state index is 0.0931. The third-order valence-electron chi connectivity index (χ3n) is 6.44. The first-order valence-electron chi connectivity index (χ1n) is 13.3. The van der Waals surface area contributed by atoms with E-state index in [1.165, 1.54) is 17.0 Å². The highest BCUT2D eigenvalue weighted by Gasteiger charge is 2.32. The Labute approximate surface area is 232 Å². The summed E-state index contributed by atoms with van der Waals surface area (Å²) in [6, 6.07) is 22.5. The number of sulfonamides is 1. The highest BCUT2D eigenvalue weighted by atomic mass is 32.2. The third kappa shape index (κ3) is 8.17. The number of nitrogens with zero attached hydrogens (tertiary/aromatic N) is 2. The van der Waals surface area contributed by atoms with Crippen LogP contribution in [0.4, 0.5) is 5.69 Å². The second-order valence-corrected chi connectivity index (χ2v) is 12.2. The van der Waals surface area contributed by atoms with Crippen molar-refractivity contribution in [2.45, 2.75) is 52.0 Å². The molecule has 8 heteroatoms. The van der Waals surface area contributed by atoms with Crippen LogP contribution in [0.1, 0.15) is 37.5 Å². The highest BCUT2D eigenvalue weighted by Crippen LogP contribution is 2.26. The minimum Gasteiger partial charge on any atom is -0.354 e. The van der Waals surface area contributed by atoms with Crippen LogP contribution in [0.3, 0.4) is 0 Å². The lowest BCUT2D eigenvalue weighted by molar-refractivity contribution is -0.138. The molecule has 0 saturated heterocycles. The third-order valence-corrected chi connectivity index (χ3v) is 8.23. The summed E-state index contributed by atoms with van der Waals surface area (Å²) in [7, 11) is -4.07. The molecule has 0 aromatic heterocycles. The normalized spacial score (nSPS) is 12.2. The van der Waals surface area contributed by atoms with E-state index < -0.39 is 28.5 Å². The van der Waals surface area contributed by atoms with Gasteiger partial charge < -0.3 is 10.2 Å². The molecule has 1 atom stereocenters. The number of amides is 2. The van der Waals surface area contributed by atoms with E-state index in [1.807, 2.05) is 64.1 Å². The summed E-state index contributed by atoms with van der Waals surface area (Å²) in [6.45, 7) is 9.78. The Morgan fingerprint density at radius 2 is 1.41 bits per heavy atom. The van der Waals surface area contributed by atoms with Crippen LogP contribution in [0.25, 0.3) is 0 Å². The molecule has 0 bridgehead atoms. The lowest BCUT2D eigenvalue weighted by atomic mass is 10.1. The van der Waals surface area contributed by atoms with E-state index in [1.54, 1.807) is 37.3 Å². The fraction of sp³-hybridized carbons (Fsp3) is 0.355. The van der Waals surface area contributed by atoms with E-state index in [0.29, 0.717) is 18.7 Å². The Hall–Kier alpha value is -3.65. The number of carbonyl (C=O) groups excluding carboxylic acids is 2. The Bertz CT molecular complexity index is 1340. The molecule has 0 saturated carbocycles. The fourth-order valence-corrected chi connectivity index (χ4v) is 5.78. The van der Waals surface area contributed by atoms with E-state index in [9.17, 15) is 18.0 Å². The lowest BCUT2D eigenvalue weighted by Crippen LogP contribution is -2.52. The first-order chi connectivity index (χ1) is 18.5. The van der Waals surface area contributed by atoms with Gasteiger partial charge in [-0.3, -0.25) is 13.9 Å². The zero-order valence-corrected chi connectivity index (χ0v) is 24.2. The first-order valence-corrected chi connectivity index (χ1v) is 14.7. The number of carbonyl (C=O) groups is 2. The molecule has 3 aromatic rings. The van der Waals surface area contributed by atoms with Gasteiger partial charge in [0.1, 0.15) is 12.6 Å². The van der Waals surface area contributed by atoms with Crippen molar-refractivity contribution in [1.82, 2.24) is 10.2 Å². The predicted octanol–water partition coefficient (Wildman–Crippen LogP) is 4.73. The molecule has 0 spiro atoms. The molecule has 1 N–H and O–H groups in total. The van der Waals surface area contributed by atoms with Gasteiger partial charge in [-0.15, -0.1) is 0 Å². The van der Waals surface area contributed by atoms with Gasteiger partial charge in [-0.1, -0.05) is 68.4 Å². The molecular formula is C31H39N3O4S. The van der Waals surface area contributed by atoms with E-state index in [4.69, 9.17) is 0 Å². The largest absolute Gasteiger partial charge is 0.354 e. The van der Waals surface area contributed by atoms with Gasteiger partial charge in [0.25, 0.3) is 10.0 Å². The number of aryl methyl sites for hydroxylation is 2. The van der Waals surface area contributed by atoms with Crippen molar-refractivity contribution in [2.75, 3.05) is 23.9 Å². The number of anilines is 1. The molecule has 3 rings (SSSR count). The van der Waals surface area contributed by atoms with Crippen LogP contribution in [0.2, 0.25) is 0 Å². The number of hydrogen-bond donors (Lipinski definition) is 1. The van der Waals surface area contributed by atoms with E-state index in [0.717, 1.165) is 21.0 Å². The second kappa shape index (κ2) is 13.4. The Morgan fingerprint density at radius 3 is 1.97 bits per heavy atom. The summed E-state index contributed by atoms with van der Waals surface area (Å²) in [6.07, 6.45) is 0.531. The van der Waals surface area contributed by atoms with E-state index >= 15 is 0 Å². The summed E-state index contributed by atoms with van der Waals surface area (Å²) < 4.78 is 28.9. The van der Waals surface area contributed by atoms with Gasteiger partial charge in [0.15, 0.2) is 0 Å². The zero-order valence-electron chi connectivity index (χ0n) is 23.4. The average molecular weight is 550 g/mol. The van der Waals surface area contributed by atoms with Crippen LogP contribution in [-0.2, 0) is 26.0 Å². The van der Waals surface area contributed by atoms with Gasteiger partial charge in [0.2, 0.25) is 11.8 Å². The molecular weight excluding hydrogens is 510 g/mol. The first kappa shape index (κ1) is 29.9. The molecule has 0 fully saturated rings. The van der Waals surface area contributed by atoms with Crippen LogP contribution in [-0.4, -0.2) is 50.8 Å². The molecule has 0 aliphatic rings. The summed E-state index contributed by atoms with van der Waals surface area (Å²) >= 11 is 0. The fourth-order valence-electron chi connectivity index (χ4n) is 4.37. The van der Waals surface area contributed by atoms with Crippen LogP contribution in [0.15, 0.2) is 83.8 Å². The van der Waals surface area contributed by atoms with Gasteiger partial charge in [-0.2, -0.15) is 0 Å². The molecule has 0 aliphatic carbocycles. The molecule has 3 aromatic carbocycles. The number of benzene rings is 3. The van der Waals surface area contributed by atoms with E-state index in [2.05, 4.69) is 5.32 Å². The number of hydrogen-bond acceptors (Lipinski definition) is 4.